The van der Waals surface area contributed by atoms with E-state index in [1.807, 2.05) is 0 Å². The molecule has 0 saturated carbocycles. The Morgan fingerprint density at radius 1 is 1.00 bits per heavy atom. The van der Waals surface area contributed by atoms with Crippen molar-refractivity contribution in [1.29, 1.82) is 0 Å². The molecule has 0 aliphatic heterocycles. The van der Waals surface area contributed by atoms with Gasteiger partial charge < -0.3 is 20.4 Å². The molecular weight excluding hydrogens is 288 g/mol. The number of nitrogens with one attached hydrogen (secondary N) is 1. The van der Waals surface area contributed by atoms with Crippen molar-refractivity contribution in [2.45, 2.75) is 0 Å². The second-order valence-electron chi connectivity index (χ2n) is 3.96. The van der Waals surface area contributed by atoms with E-state index in [1.165, 1.54) is 24.4 Å². The number of hydrazone groups is 1. The summed E-state index contributed by atoms with van der Waals surface area (Å²) < 4.78 is 0. The van der Waals surface area contributed by atoms with Gasteiger partial charge in [-0.2, -0.15) is 5.10 Å². The molecule has 0 bridgehead atoms. The highest BCUT2D eigenvalue weighted by molar-refractivity contribution is 5.95. The van der Waals surface area contributed by atoms with E-state index in [1.54, 1.807) is 18.2 Å². The zero-order chi connectivity index (χ0) is 16.5. The summed E-state index contributed by atoms with van der Waals surface area (Å²) in [6, 6.07) is 10.2. The Labute approximate surface area is 126 Å². The summed E-state index contributed by atoms with van der Waals surface area (Å²) in [5.41, 5.74) is 2.86. The number of rotatable bonds is 3. The van der Waals surface area contributed by atoms with Crippen LogP contribution in [-0.4, -0.2) is 39.7 Å². The molecule has 0 fully saturated rings. The molecule has 0 unspecified atom stereocenters. The van der Waals surface area contributed by atoms with Crippen LogP contribution in [0, 0.1) is 0 Å². The van der Waals surface area contributed by atoms with E-state index in [9.17, 15) is 15.0 Å². The number of phenolic OH excluding ortho intramolecular Hbond substituents is 3. The first-order chi connectivity index (χ1) is 10.6. The smallest absolute Gasteiger partial charge is 0.271 e. The predicted molar refractivity (Wildman–Crippen MR) is 81.1 cm³/mol. The van der Waals surface area contributed by atoms with Crippen LogP contribution in [0.2, 0.25) is 0 Å². The zero-order valence-corrected chi connectivity index (χ0v) is 11.8. The molecule has 7 heteroatoms. The third-order valence-electron chi connectivity index (χ3n) is 2.54. The average molecular weight is 304 g/mol. The van der Waals surface area contributed by atoms with Crippen molar-refractivity contribution in [3.05, 3.63) is 53.6 Å². The number of phenols is 3. The van der Waals surface area contributed by atoms with Gasteiger partial charge in [0, 0.05) is 18.2 Å². The molecule has 1 amide bonds. The number of hydrogen-bond acceptors (Lipinski definition) is 6. The molecule has 0 spiro atoms. The van der Waals surface area contributed by atoms with E-state index in [4.69, 9.17) is 10.2 Å². The minimum Gasteiger partial charge on any atom is -0.507 e. The Morgan fingerprint density at radius 3 is 2.32 bits per heavy atom. The minimum absolute atomic E-state index is 0.0489. The number of aliphatic hydroxyl groups is 1. The Morgan fingerprint density at radius 2 is 1.68 bits per heavy atom. The molecule has 2 aromatic carbocycles. The maximum absolute atomic E-state index is 11.7. The van der Waals surface area contributed by atoms with Gasteiger partial charge in [-0.25, -0.2) is 5.43 Å². The molecule has 0 aromatic heterocycles. The van der Waals surface area contributed by atoms with Crippen molar-refractivity contribution in [1.82, 2.24) is 5.43 Å². The molecule has 0 aliphatic rings. The molecular formula is C15H16N2O5. The largest absolute Gasteiger partial charge is 0.507 e. The predicted octanol–water partition coefficient (Wildman–Crippen LogP) is 1.18. The van der Waals surface area contributed by atoms with Crippen LogP contribution in [0.3, 0.4) is 0 Å². The van der Waals surface area contributed by atoms with Gasteiger partial charge in [0.15, 0.2) is 11.5 Å². The van der Waals surface area contributed by atoms with Crippen molar-refractivity contribution in [2.24, 2.45) is 5.10 Å². The fourth-order valence-corrected chi connectivity index (χ4v) is 1.49. The number of hydrogen-bond donors (Lipinski definition) is 5. The quantitative estimate of drug-likeness (QED) is 0.331. The number of aliphatic hydroxyl groups excluding tert-OH is 1. The lowest BCUT2D eigenvalue weighted by Crippen LogP contribution is -2.17. The SMILES string of the molecule is CO.O=C(NN=Cc1ccccc1O)c1ccc(O)c(O)c1. The van der Waals surface area contributed by atoms with Gasteiger partial charge in [-0.15, -0.1) is 0 Å². The molecule has 0 aliphatic carbocycles. The van der Waals surface area contributed by atoms with E-state index in [2.05, 4.69) is 10.5 Å². The first kappa shape index (κ1) is 17.0. The van der Waals surface area contributed by atoms with Crippen LogP contribution in [0.1, 0.15) is 15.9 Å². The van der Waals surface area contributed by atoms with Crippen LogP contribution in [-0.2, 0) is 0 Å². The van der Waals surface area contributed by atoms with Crippen LogP contribution in [0.4, 0.5) is 0 Å². The summed E-state index contributed by atoms with van der Waals surface area (Å²) in [6.07, 6.45) is 1.30. The lowest BCUT2D eigenvalue weighted by atomic mass is 10.2. The van der Waals surface area contributed by atoms with Crippen LogP contribution in [0.25, 0.3) is 0 Å². The summed E-state index contributed by atoms with van der Waals surface area (Å²) in [5.74, 6) is -1.19. The van der Waals surface area contributed by atoms with Gasteiger partial charge in [-0.1, -0.05) is 12.1 Å². The number of amides is 1. The second kappa shape index (κ2) is 8.28. The Kier molecular flexibility index (Phi) is 6.39. The van der Waals surface area contributed by atoms with E-state index in [-0.39, 0.29) is 22.8 Å². The number of benzene rings is 2. The van der Waals surface area contributed by atoms with Crippen molar-refractivity contribution >= 4 is 12.1 Å². The van der Waals surface area contributed by atoms with Crippen molar-refractivity contribution in [3.63, 3.8) is 0 Å². The highest BCUT2D eigenvalue weighted by atomic mass is 16.3. The molecule has 0 saturated heterocycles. The van der Waals surface area contributed by atoms with E-state index < -0.39 is 5.91 Å². The van der Waals surface area contributed by atoms with Gasteiger partial charge in [0.2, 0.25) is 0 Å². The fourth-order valence-electron chi connectivity index (χ4n) is 1.49. The lowest BCUT2D eigenvalue weighted by molar-refractivity contribution is 0.0954. The number of nitrogens with zero attached hydrogens (tertiary/aromatic N) is 1. The summed E-state index contributed by atoms with van der Waals surface area (Å²) >= 11 is 0. The molecule has 2 rings (SSSR count). The average Bonchev–Trinajstić information content (AvgIpc) is 2.53. The molecule has 7 nitrogen and oxygen atoms in total. The maximum Gasteiger partial charge on any atom is 0.271 e. The standard InChI is InChI=1S/C14H12N2O4.CH4O/c17-11-4-2-1-3-10(11)8-15-16-14(20)9-5-6-12(18)13(19)7-9;1-2/h1-8,17-19H,(H,16,20);2H,1H3. The molecule has 22 heavy (non-hydrogen) atoms. The Balaban J connectivity index is 0.00000116. The summed E-state index contributed by atoms with van der Waals surface area (Å²) in [4.78, 5) is 11.7. The Bertz CT molecular complexity index is 671. The van der Waals surface area contributed by atoms with Crippen molar-refractivity contribution in [2.75, 3.05) is 7.11 Å². The van der Waals surface area contributed by atoms with Gasteiger partial charge in [-0.3, -0.25) is 4.79 Å². The monoisotopic (exact) mass is 304 g/mol. The topological polar surface area (TPSA) is 122 Å². The van der Waals surface area contributed by atoms with Crippen LogP contribution in [0.5, 0.6) is 17.2 Å². The number of carbonyl (C=O) groups is 1. The highest BCUT2D eigenvalue weighted by Crippen LogP contribution is 2.24. The number of para-hydroxylation sites is 1. The first-order valence-corrected chi connectivity index (χ1v) is 6.16. The van der Waals surface area contributed by atoms with E-state index in [0.717, 1.165) is 13.2 Å². The van der Waals surface area contributed by atoms with Crippen molar-refractivity contribution < 1.29 is 25.2 Å². The summed E-state index contributed by atoms with van der Waals surface area (Å²) in [6.45, 7) is 0. The minimum atomic E-state index is -0.549. The maximum atomic E-state index is 11.7. The molecule has 116 valence electrons. The molecule has 0 atom stereocenters. The van der Waals surface area contributed by atoms with E-state index in [0.29, 0.717) is 5.56 Å². The van der Waals surface area contributed by atoms with Crippen LogP contribution in [0.15, 0.2) is 47.6 Å². The highest BCUT2D eigenvalue weighted by Gasteiger charge is 2.07. The van der Waals surface area contributed by atoms with Gasteiger partial charge >= 0.3 is 0 Å². The van der Waals surface area contributed by atoms with Crippen LogP contribution < -0.4 is 5.43 Å². The van der Waals surface area contributed by atoms with Crippen molar-refractivity contribution in [3.8, 4) is 17.2 Å². The van der Waals surface area contributed by atoms with Gasteiger partial charge in [0.25, 0.3) is 5.91 Å². The zero-order valence-electron chi connectivity index (χ0n) is 11.8. The number of aromatic hydroxyl groups is 3. The fraction of sp³-hybridized carbons (Fsp3) is 0.0667. The summed E-state index contributed by atoms with van der Waals surface area (Å²) in [7, 11) is 1.00. The van der Waals surface area contributed by atoms with E-state index >= 15 is 0 Å². The first-order valence-electron chi connectivity index (χ1n) is 6.16. The molecule has 5 N–H and O–H groups in total. The molecule has 2 aromatic rings. The normalized spacial score (nSPS) is 9.91. The lowest BCUT2D eigenvalue weighted by Gasteiger charge is -2.02. The molecule has 0 radical (unpaired) electrons. The van der Waals surface area contributed by atoms with Crippen LogP contribution >= 0.6 is 0 Å². The second-order valence-corrected chi connectivity index (χ2v) is 3.96. The van der Waals surface area contributed by atoms with Gasteiger partial charge in [-0.05, 0) is 30.3 Å². The molecule has 0 heterocycles. The third kappa shape index (κ3) is 4.50. The summed E-state index contributed by atoms with van der Waals surface area (Å²) in [5, 5.41) is 38.6. The van der Waals surface area contributed by atoms with Gasteiger partial charge in [0.1, 0.15) is 5.75 Å². The Hall–Kier alpha value is -3.06. The number of carbonyl (C=O) groups excluding carboxylic acids is 1. The third-order valence-corrected chi connectivity index (χ3v) is 2.54. The van der Waals surface area contributed by atoms with Gasteiger partial charge in [0.05, 0.1) is 6.21 Å².